The van der Waals surface area contributed by atoms with E-state index in [-0.39, 0.29) is 18.2 Å². The van der Waals surface area contributed by atoms with Crippen LogP contribution in [0.15, 0.2) is 47.6 Å². The number of nitrogens with one attached hydrogen (secondary N) is 1. The number of hydrogen-bond acceptors (Lipinski definition) is 7. The van der Waals surface area contributed by atoms with Gasteiger partial charge in [0, 0.05) is 24.1 Å². The van der Waals surface area contributed by atoms with E-state index in [1.165, 1.54) is 0 Å². The number of fused-ring (bicyclic) bond motifs is 1. The standard InChI is InChI=1S/C18H13N3O5S/c22-16(20-12-1-2-13-14(8-12)26-10-25-13)9-21-17(23)15(27-18(21)24)7-11-3-5-19-6-4-11/h1-8H,9-10H2,(H,20,22). The number of imide groups is 1. The van der Waals surface area contributed by atoms with Crippen LogP contribution in [0.1, 0.15) is 5.56 Å². The molecule has 0 spiro atoms. The van der Waals surface area contributed by atoms with Crippen molar-refractivity contribution in [3.8, 4) is 11.5 Å². The van der Waals surface area contributed by atoms with Crippen molar-refractivity contribution < 1.29 is 23.9 Å². The normalized spacial score (nSPS) is 16.9. The number of hydrogen-bond donors (Lipinski definition) is 1. The molecule has 3 amide bonds. The maximum absolute atomic E-state index is 12.4. The van der Waals surface area contributed by atoms with Gasteiger partial charge in [0.25, 0.3) is 11.1 Å². The summed E-state index contributed by atoms with van der Waals surface area (Å²) in [5, 5.41) is 2.16. The van der Waals surface area contributed by atoms with Crippen LogP contribution in [0.5, 0.6) is 11.5 Å². The SMILES string of the molecule is O=C(CN1C(=O)SC(=Cc2ccncc2)C1=O)Nc1ccc2c(c1)OCO2. The van der Waals surface area contributed by atoms with Gasteiger partial charge in [0.2, 0.25) is 12.7 Å². The summed E-state index contributed by atoms with van der Waals surface area (Å²) in [6, 6.07) is 8.40. The Hall–Kier alpha value is -3.33. The fourth-order valence-corrected chi connectivity index (χ4v) is 3.40. The van der Waals surface area contributed by atoms with Gasteiger partial charge < -0.3 is 14.8 Å². The summed E-state index contributed by atoms with van der Waals surface area (Å²) < 4.78 is 10.5. The number of anilines is 1. The average molecular weight is 383 g/mol. The number of thioether (sulfide) groups is 1. The van der Waals surface area contributed by atoms with Crippen LogP contribution in [-0.4, -0.2) is 40.3 Å². The number of pyridine rings is 1. The molecule has 3 heterocycles. The Bertz CT molecular complexity index is 961. The van der Waals surface area contributed by atoms with E-state index < -0.39 is 17.1 Å². The minimum absolute atomic E-state index is 0.132. The summed E-state index contributed by atoms with van der Waals surface area (Å²) in [4.78, 5) is 41.9. The van der Waals surface area contributed by atoms with Crippen LogP contribution in [0.3, 0.4) is 0 Å². The molecular formula is C18H13N3O5S. The Morgan fingerprint density at radius 2 is 1.96 bits per heavy atom. The number of nitrogens with zero attached hydrogens (tertiary/aromatic N) is 2. The van der Waals surface area contributed by atoms with Gasteiger partial charge in [-0.25, -0.2) is 0 Å². The largest absolute Gasteiger partial charge is 0.454 e. The van der Waals surface area contributed by atoms with E-state index in [1.54, 1.807) is 48.8 Å². The summed E-state index contributed by atoms with van der Waals surface area (Å²) in [6.07, 6.45) is 4.78. The first-order chi connectivity index (χ1) is 13.1. The number of aromatic nitrogens is 1. The fourth-order valence-electron chi connectivity index (χ4n) is 2.57. The fraction of sp³-hybridized carbons (Fsp3) is 0.111. The first-order valence-corrected chi connectivity index (χ1v) is 8.77. The molecule has 0 bridgehead atoms. The van der Waals surface area contributed by atoms with Crippen molar-refractivity contribution in [2.45, 2.75) is 0 Å². The second-order valence-electron chi connectivity index (χ2n) is 5.66. The third kappa shape index (κ3) is 3.63. The highest BCUT2D eigenvalue weighted by Crippen LogP contribution is 2.34. The quantitative estimate of drug-likeness (QED) is 0.810. The number of benzene rings is 1. The predicted octanol–water partition coefficient (Wildman–Crippen LogP) is 2.49. The van der Waals surface area contributed by atoms with E-state index in [4.69, 9.17) is 9.47 Å². The first kappa shape index (κ1) is 17.1. The Labute approximate surface area is 158 Å². The maximum Gasteiger partial charge on any atom is 0.294 e. The molecule has 8 nitrogen and oxygen atoms in total. The number of ether oxygens (including phenoxy) is 2. The second kappa shape index (κ2) is 7.12. The van der Waals surface area contributed by atoms with Crippen LogP contribution in [0, 0.1) is 0 Å². The molecule has 1 fully saturated rings. The van der Waals surface area contributed by atoms with Gasteiger partial charge >= 0.3 is 0 Å². The van der Waals surface area contributed by atoms with Crippen LogP contribution in [0.2, 0.25) is 0 Å². The van der Waals surface area contributed by atoms with Gasteiger partial charge in [-0.05, 0) is 47.7 Å². The molecule has 136 valence electrons. The zero-order chi connectivity index (χ0) is 18.8. The Morgan fingerprint density at radius 1 is 1.19 bits per heavy atom. The van der Waals surface area contributed by atoms with E-state index in [0.29, 0.717) is 17.2 Å². The van der Waals surface area contributed by atoms with E-state index in [9.17, 15) is 14.4 Å². The van der Waals surface area contributed by atoms with Gasteiger partial charge in [-0.15, -0.1) is 0 Å². The summed E-state index contributed by atoms with van der Waals surface area (Å²) in [5.74, 6) is 0.142. The van der Waals surface area contributed by atoms with Crippen molar-refractivity contribution in [1.29, 1.82) is 0 Å². The van der Waals surface area contributed by atoms with Gasteiger partial charge in [0.1, 0.15) is 6.54 Å². The van der Waals surface area contributed by atoms with E-state index in [0.717, 1.165) is 22.2 Å². The van der Waals surface area contributed by atoms with Gasteiger partial charge in [-0.1, -0.05) is 0 Å². The second-order valence-corrected chi connectivity index (χ2v) is 6.66. The molecule has 4 rings (SSSR count). The van der Waals surface area contributed by atoms with Crippen molar-refractivity contribution in [3.05, 3.63) is 53.2 Å². The molecule has 9 heteroatoms. The van der Waals surface area contributed by atoms with Crippen LogP contribution < -0.4 is 14.8 Å². The van der Waals surface area contributed by atoms with Gasteiger partial charge in [-0.2, -0.15) is 0 Å². The summed E-state index contributed by atoms with van der Waals surface area (Å²) in [6.45, 7) is -0.236. The molecule has 27 heavy (non-hydrogen) atoms. The van der Waals surface area contributed by atoms with Crippen LogP contribution in [0.25, 0.3) is 6.08 Å². The Kier molecular flexibility index (Phi) is 4.51. The lowest BCUT2D eigenvalue weighted by atomic mass is 10.2. The van der Waals surface area contributed by atoms with Crippen molar-refractivity contribution in [2.75, 3.05) is 18.7 Å². The van der Waals surface area contributed by atoms with E-state index in [2.05, 4.69) is 10.3 Å². The summed E-state index contributed by atoms with van der Waals surface area (Å²) in [5.41, 5.74) is 1.24. The Morgan fingerprint density at radius 3 is 2.78 bits per heavy atom. The van der Waals surface area contributed by atoms with Crippen molar-refractivity contribution in [2.24, 2.45) is 0 Å². The minimum atomic E-state index is -0.498. The molecule has 1 saturated heterocycles. The molecule has 1 aromatic carbocycles. The lowest BCUT2D eigenvalue weighted by molar-refractivity contribution is -0.127. The smallest absolute Gasteiger partial charge is 0.294 e. The highest BCUT2D eigenvalue weighted by molar-refractivity contribution is 8.18. The molecule has 1 N–H and O–H groups in total. The molecule has 0 atom stereocenters. The number of carbonyl (C=O) groups is 3. The molecule has 0 radical (unpaired) electrons. The molecule has 0 aliphatic carbocycles. The van der Waals surface area contributed by atoms with Crippen molar-refractivity contribution >= 4 is 40.6 Å². The zero-order valence-corrected chi connectivity index (χ0v) is 14.7. The third-order valence-corrected chi connectivity index (χ3v) is 4.74. The molecule has 1 aromatic heterocycles. The van der Waals surface area contributed by atoms with Crippen LogP contribution in [0.4, 0.5) is 10.5 Å². The van der Waals surface area contributed by atoms with E-state index >= 15 is 0 Å². The molecular weight excluding hydrogens is 370 g/mol. The number of carbonyl (C=O) groups excluding carboxylic acids is 3. The third-order valence-electron chi connectivity index (χ3n) is 3.84. The van der Waals surface area contributed by atoms with Crippen LogP contribution >= 0.6 is 11.8 Å². The summed E-state index contributed by atoms with van der Waals surface area (Å²) in [7, 11) is 0. The Balaban J connectivity index is 1.43. The van der Waals surface area contributed by atoms with Gasteiger partial charge in [0.05, 0.1) is 4.91 Å². The monoisotopic (exact) mass is 383 g/mol. The molecule has 0 unspecified atom stereocenters. The van der Waals surface area contributed by atoms with Gasteiger partial charge in [0.15, 0.2) is 11.5 Å². The highest BCUT2D eigenvalue weighted by Gasteiger charge is 2.36. The van der Waals surface area contributed by atoms with Crippen molar-refractivity contribution in [1.82, 2.24) is 9.88 Å². The highest BCUT2D eigenvalue weighted by atomic mass is 32.2. The zero-order valence-electron chi connectivity index (χ0n) is 13.9. The number of rotatable bonds is 4. The average Bonchev–Trinajstić information content (AvgIpc) is 3.22. The molecule has 2 aromatic rings. The molecule has 2 aliphatic heterocycles. The van der Waals surface area contributed by atoms with E-state index in [1.807, 2.05) is 0 Å². The topological polar surface area (TPSA) is 97.8 Å². The molecule has 0 saturated carbocycles. The van der Waals surface area contributed by atoms with Crippen molar-refractivity contribution in [3.63, 3.8) is 0 Å². The maximum atomic E-state index is 12.4. The summed E-state index contributed by atoms with van der Waals surface area (Å²) >= 11 is 0.803. The first-order valence-electron chi connectivity index (χ1n) is 7.95. The number of amides is 3. The predicted molar refractivity (Wildman–Crippen MR) is 98.1 cm³/mol. The lowest BCUT2D eigenvalue weighted by Gasteiger charge is -2.12. The minimum Gasteiger partial charge on any atom is -0.454 e. The van der Waals surface area contributed by atoms with Crippen LogP contribution in [-0.2, 0) is 9.59 Å². The molecule has 2 aliphatic rings. The van der Waals surface area contributed by atoms with Gasteiger partial charge in [-0.3, -0.25) is 24.3 Å². The lowest BCUT2D eigenvalue weighted by Crippen LogP contribution is -2.36.